The maximum atomic E-state index is 10.3. The molecule has 0 radical (unpaired) electrons. The zero-order valence-corrected chi connectivity index (χ0v) is 12.1. The van der Waals surface area contributed by atoms with Gasteiger partial charge in [0.1, 0.15) is 0 Å². The molecular weight excluding hydrogens is 236 g/mol. The Morgan fingerprint density at radius 3 is 2.63 bits per heavy atom. The average molecular weight is 262 g/mol. The molecule has 0 aliphatic heterocycles. The second-order valence-corrected chi connectivity index (χ2v) is 5.86. The molecule has 2 rings (SSSR count). The number of nitrogens with zero attached hydrogens (tertiary/aromatic N) is 1. The van der Waals surface area contributed by atoms with Gasteiger partial charge in [-0.3, -0.25) is 0 Å². The fraction of sp³-hybridized carbons (Fsp3) is 0.625. The zero-order valence-electron chi connectivity index (χ0n) is 12.1. The molecule has 19 heavy (non-hydrogen) atoms. The fourth-order valence-corrected chi connectivity index (χ4v) is 2.92. The molecule has 0 saturated heterocycles. The summed E-state index contributed by atoms with van der Waals surface area (Å²) < 4.78 is 0. The van der Waals surface area contributed by atoms with Crippen LogP contribution in [0.15, 0.2) is 18.2 Å². The van der Waals surface area contributed by atoms with Gasteiger partial charge in [0.25, 0.3) is 0 Å². The van der Waals surface area contributed by atoms with Crippen LogP contribution in [0.1, 0.15) is 49.3 Å². The number of aliphatic hydroxyl groups is 1. The summed E-state index contributed by atoms with van der Waals surface area (Å²) in [6.07, 6.45) is 6.08. The summed E-state index contributed by atoms with van der Waals surface area (Å²) >= 11 is 0. The second-order valence-electron chi connectivity index (χ2n) is 5.86. The number of likely N-dealkylation sites (N-methyl/N-ethyl adjacent to an activating group) is 1. The summed E-state index contributed by atoms with van der Waals surface area (Å²) in [5.41, 5.74) is 8.66. The maximum absolute atomic E-state index is 10.3. The van der Waals surface area contributed by atoms with Crippen LogP contribution in [0.5, 0.6) is 0 Å². The van der Waals surface area contributed by atoms with Crippen LogP contribution < -0.4 is 5.73 Å². The number of benzene rings is 1. The summed E-state index contributed by atoms with van der Waals surface area (Å²) in [4.78, 5) is 2.31. The van der Waals surface area contributed by atoms with E-state index in [4.69, 9.17) is 5.73 Å². The molecule has 0 amide bonds. The molecule has 1 aliphatic rings. The molecule has 1 aliphatic carbocycles. The van der Waals surface area contributed by atoms with Crippen LogP contribution >= 0.6 is 0 Å². The van der Waals surface area contributed by atoms with E-state index in [1.54, 1.807) is 0 Å². The average Bonchev–Trinajstić information content (AvgIpc) is 2.42. The summed E-state index contributed by atoms with van der Waals surface area (Å²) in [6, 6.07) is 6.49. The normalized spacial score (nSPS) is 18.7. The van der Waals surface area contributed by atoms with E-state index in [-0.39, 0.29) is 0 Å². The van der Waals surface area contributed by atoms with Crippen molar-refractivity contribution in [1.82, 2.24) is 4.90 Å². The van der Waals surface area contributed by atoms with E-state index in [1.807, 2.05) is 25.1 Å². The number of anilines is 1. The lowest BCUT2D eigenvalue weighted by Crippen LogP contribution is -2.36. The first-order chi connectivity index (χ1) is 9.08. The van der Waals surface area contributed by atoms with Crippen LogP contribution in [-0.2, 0) is 0 Å². The minimum Gasteiger partial charge on any atom is -0.399 e. The molecule has 1 fully saturated rings. The molecule has 1 saturated carbocycles. The number of aliphatic hydroxyl groups excluding tert-OH is 1. The number of nitrogens with two attached hydrogens (primary N) is 1. The third-order valence-corrected chi connectivity index (χ3v) is 4.35. The van der Waals surface area contributed by atoms with E-state index >= 15 is 0 Å². The molecule has 0 bridgehead atoms. The maximum Gasteiger partial charge on any atom is 0.0917 e. The standard InChI is InChI=1S/C16H26N2O/c1-12-8-9-13(10-15(12)17)16(19)11-18(2)14-6-4-3-5-7-14/h8-10,14,16,19H,3-7,11,17H2,1-2H3. The largest absolute Gasteiger partial charge is 0.399 e. The molecule has 3 heteroatoms. The van der Waals surface area contributed by atoms with Crippen LogP contribution in [0.2, 0.25) is 0 Å². The third kappa shape index (κ3) is 3.71. The molecule has 1 atom stereocenters. The van der Waals surface area contributed by atoms with Crippen LogP contribution in [0.25, 0.3) is 0 Å². The molecule has 0 aromatic heterocycles. The van der Waals surface area contributed by atoms with Crippen LogP contribution in [-0.4, -0.2) is 29.6 Å². The van der Waals surface area contributed by atoms with Crippen molar-refractivity contribution in [1.29, 1.82) is 0 Å². The van der Waals surface area contributed by atoms with Crippen molar-refractivity contribution >= 4 is 5.69 Å². The Bertz CT molecular complexity index is 413. The third-order valence-electron chi connectivity index (χ3n) is 4.35. The smallest absolute Gasteiger partial charge is 0.0917 e. The Morgan fingerprint density at radius 2 is 2.00 bits per heavy atom. The van der Waals surface area contributed by atoms with Crippen molar-refractivity contribution in [2.24, 2.45) is 0 Å². The van der Waals surface area contributed by atoms with E-state index < -0.39 is 6.10 Å². The van der Waals surface area contributed by atoms with Crippen molar-refractivity contribution in [3.8, 4) is 0 Å². The highest BCUT2D eigenvalue weighted by Crippen LogP contribution is 2.25. The first-order valence-corrected chi connectivity index (χ1v) is 7.32. The van der Waals surface area contributed by atoms with Crippen LogP contribution in [0, 0.1) is 6.92 Å². The number of hydrogen-bond donors (Lipinski definition) is 2. The molecule has 1 aromatic carbocycles. The first kappa shape index (κ1) is 14.4. The molecule has 3 N–H and O–H groups in total. The van der Waals surface area contributed by atoms with E-state index in [9.17, 15) is 5.11 Å². The Morgan fingerprint density at radius 1 is 1.32 bits per heavy atom. The van der Waals surface area contributed by atoms with Crippen molar-refractivity contribution in [2.75, 3.05) is 19.3 Å². The first-order valence-electron chi connectivity index (χ1n) is 7.32. The van der Waals surface area contributed by atoms with E-state index in [2.05, 4.69) is 11.9 Å². The lowest BCUT2D eigenvalue weighted by Gasteiger charge is -2.32. The number of nitrogen functional groups attached to an aromatic ring is 1. The van der Waals surface area contributed by atoms with Crippen LogP contribution in [0.3, 0.4) is 0 Å². The Labute approximate surface area is 116 Å². The van der Waals surface area contributed by atoms with E-state index in [1.165, 1.54) is 32.1 Å². The monoisotopic (exact) mass is 262 g/mol. The highest BCUT2D eigenvalue weighted by molar-refractivity contribution is 5.48. The lowest BCUT2D eigenvalue weighted by molar-refractivity contribution is 0.0914. The minimum atomic E-state index is -0.449. The second kappa shape index (κ2) is 6.40. The van der Waals surface area contributed by atoms with Gasteiger partial charge in [0.2, 0.25) is 0 Å². The van der Waals surface area contributed by atoms with Gasteiger partial charge < -0.3 is 15.7 Å². The van der Waals surface area contributed by atoms with Gasteiger partial charge >= 0.3 is 0 Å². The van der Waals surface area contributed by atoms with Crippen molar-refractivity contribution in [3.63, 3.8) is 0 Å². The van der Waals surface area contributed by atoms with Gasteiger partial charge in [-0.05, 0) is 44.0 Å². The van der Waals surface area contributed by atoms with Crippen molar-refractivity contribution in [3.05, 3.63) is 29.3 Å². The topological polar surface area (TPSA) is 49.5 Å². The van der Waals surface area contributed by atoms with Gasteiger partial charge in [0.05, 0.1) is 6.10 Å². The fourth-order valence-electron chi connectivity index (χ4n) is 2.92. The molecular formula is C16H26N2O. The Hall–Kier alpha value is -1.06. The summed E-state index contributed by atoms with van der Waals surface area (Å²) in [7, 11) is 2.12. The SMILES string of the molecule is Cc1ccc(C(O)CN(C)C2CCCCC2)cc1N. The highest BCUT2D eigenvalue weighted by Gasteiger charge is 2.20. The highest BCUT2D eigenvalue weighted by atomic mass is 16.3. The van der Waals surface area contributed by atoms with Gasteiger partial charge in [-0.15, -0.1) is 0 Å². The van der Waals surface area contributed by atoms with Crippen molar-refractivity contribution in [2.45, 2.75) is 51.2 Å². The number of rotatable bonds is 4. The molecule has 3 nitrogen and oxygen atoms in total. The number of aryl methyl sites for hydroxylation is 1. The predicted molar refractivity (Wildman–Crippen MR) is 80.1 cm³/mol. The van der Waals surface area contributed by atoms with Gasteiger partial charge in [-0.2, -0.15) is 0 Å². The minimum absolute atomic E-state index is 0.449. The van der Waals surface area contributed by atoms with E-state index in [0.717, 1.165) is 16.8 Å². The predicted octanol–water partition coefficient (Wildman–Crippen LogP) is 2.88. The molecule has 1 aromatic rings. The molecule has 106 valence electrons. The van der Waals surface area contributed by atoms with Gasteiger partial charge in [0, 0.05) is 18.3 Å². The molecule has 0 heterocycles. The Kier molecular flexibility index (Phi) is 4.83. The molecule has 1 unspecified atom stereocenters. The quantitative estimate of drug-likeness (QED) is 0.820. The Balaban J connectivity index is 1.95. The summed E-state index contributed by atoms with van der Waals surface area (Å²) in [5.74, 6) is 0. The zero-order chi connectivity index (χ0) is 13.8. The van der Waals surface area contributed by atoms with Crippen molar-refractivity contribution < 1.29 is 5.11 Å². The summed E-state index contributed by atoms with van der Waals surface area (Å²) in [5, 5.41) is 10.3. The van der Waals surface area contributed by atoms with Gasteiger partial charge in [-0.25, -0.2) is 0 Å². The number of hydrogen-bond acceptors (Lipinski definition) is 3. The van der Waals surface area contributed by atoms with E-state index in [0.29, 0.717) is 12.6 Å². The van der Waals surface area contributed by atoms with Gasteiger partial charge in [-0.1, -0.05) is 31.4 Å². The lowest BCUT2D eigenvalue weighted by atomic mass is 9.94. The molecule has 0 spiro atoms. The summed E-state index contributed by atoms with van der Waals surface area (Å²) in [6.45, 7) is 2.67. The van der Waals surface area contributed by atoms with Gasteiger partial charge in [0.15, 0.2) is 0 Å². The van der Waals surface area contributed by atoms with Crippen LogP contribution in [0.4, 0.5) is 5.69 Å².